The number of anilines is 1. The first-order valence-electron chi connectivity index (χ1n) is 10.2. The fourth-order valence-corrected chi connectivity index (χ4v) is 4.32. The summed E-state index contributed by atoms with van der Waals surface area (Å²) in [6, 6.07) is 20.0. The maximum atomic E-state index is 13.0. The Hall–Kier alpha value is -4.18. The van der Waals surface area contributed by atoms with E-state index in [0.717, 1.165) is 11.1 Å². The van der Waals surface area contributed by atoms with Crippen LogP contribution in [0.25, 0.3) is 11.5 Å². The summed E-state index contributed by atoms with van der Waals surface area (Å²) in [5.74, 6) is -0.268. The first kappa shape index (κ1) is 23.0. The van der Waals surface area contributed by atoms with Gasteiger partial charge in [-0.2, -0.15) is 0 Å². The van der Waals surface area contributed by atoms with Crippen molar-refractivity contribution < 1.29 is 27.1 Å². The van der Waals surface area contributed by atoms with Gasteiger partial charge in [-0.05, 0) is 49.4 Å². The number of nitrogens with zero attached hydrogens (tertiary/aromatic N) is 2. The number of aryl methyl sites for hydroxylation is 1. The zero-order chi connectivity index (χ0) is 24.1. The highest BCUT2D eigenvalue weighted by atomic mass is 32.2. The molecule has 0 saturated carbocycles. The van der Waals surface area contributed by atoms with Gasteiger partial charge in [0.05, 0.1) is 12.7 Å². The molecule has 10 heteroatoms. The van der Waals surface area contributed by atoms with Crippen molar-refractivity contribution in [3.05, 3.63) is 89.8 Å². The molecule has 0 bridgehead atoms. The Morgan fingerprint density at radius 2 is 1.74 bits per heavy atom. The molecule has 0 aliphatic carbocycles. The van der Waals surface area contributed by atoms with Crippen LogP contribution in [-0.4, -0.2) is 31.7 Å². The van der Waals surface area contributed by atoms with E-state index in [-0.39, 0.29) is 28.7 Å². The third-order valence-corrected chi connectivity index (χ3v) is 6.21. The Morgan fingerprint density at radius 3 is 2.44 bits per heavy atom. The number of benzene rings is 3. The number of nitrogens with one attached hydrogen (secondary N) is 1. The van der Waals surface area contributed by atoms with Crippen molar-refractivity contribution in [2.24, 2.45) is 0 Å². The van der Waals surface area contributed by atoms with E-state index in [2.05, 4.69) is 14.9 Å². The summed E-state index contributed by atoms with van der Waals surface area (Å²) in [6.45, 7) is 1.63. The quantitative estimate of drug-likeness (QED) is 0.373. The van der Waals surface area contributed by atoms with E-state index in [0.29, 0.717) is 11.6 Å². The highest BCUT2D eigenvalue weighted by molar-refractivity contribution is 7.92. The summed E-state index contributed by atoms with van der Waals surface area (Å²) in [5.41, 5.74) is 2.13. The molecule has 4 aromatic rings. The highest BCUT2D eigenvalue weighted by Gasteiger charge is 2.23. The van der Waals surface area contributed by atoms with Crippen LogP contribution in [0.2, 0.25) is 0 Å². The van der Waals surface area contributed by atoms with Crippen molar-refractivity contribution in [1.82, 2.24) is 10.2 Å². The maximum Gasteiger partial charge on any atom is 0.338 e. The molecule has 174 valence electrons. The third-order valence-electron chi connectivity index (χ3n) is 4.81. The Bertz CT molecular complexity index is 1400. The Balaban J connectivity index is 1.50. The van der Waals surface area contributed by atoms with E-state index < -0.39 is 16.0 Å². The summed E-state index contributed by atoms with van der Waals surface area (Å²) in [4.78, 5) is 12.4. The number of esters is 1. The van der Waals surface area contributed by atoms with Gasteiger partial charge < -0.3 is 13.9 Å². The normalized spacial score (nSPS) is 11.1. The van der Waals surface area contributed by atoms with Gasteiger partial charge in [-0.15, -0.1) is 10.2 Å². The molecular formula is C24H21N3O6S. The molecule has 0 amide bonds. The van der Waals surface area contributed by atoms with Crippen LogP contribution in [0.4, 0.5) is 5.69 Å². The number of aromatic nitrogens is 2. The maximum absolute atomic E-state index is 13.0. The standard InChI is InChI=1S/C24H21N3O6S/c1-16-8-11-19(12-9-16)27-34(29,30)21-14-18(10-13-20(21)31-2)24(28)32-15-22-25-26-23(33-22)17-6-4-3-5-7-17/h3-14,27H,15H2,1-2H3. The van der Waals surface area contributed by atoms with Crippen molar-refractivity contribution in [3.63, 3.8) is 0 Å². The molecule has 34 heavy (non-hydrogen) atoms. The van der Waals surface area contributed by atoms with Gasteiger partial charge in [-0.1, -0.05) is 35.9 Å². The summed E-state index contributed by atoms with van der Waals surface area (Å²) in [7, 11) is -2.70. The number of hydrogen-bond donors (Lipinski definition) is 1. The van der Waals surface area contributed by atoms with Crippen LogP contribution in [0.5, 0.6) is 5.75 Å². The topological polar surface area (TPSA) is 121 Å². The average molecular weight is 480 g/mol. The van der Waals surface area contributed by atoms with Crippen LogP contribution in [0.15, 0.2) is 82.1 Å². The van der Waals surface area contributed by atoms with E-state index in [1.54, 1.807) is 24.3 Å². The first-order chi connectivity index (χ1) is 16.4. The molecule has 0 fully saturated rings. The fourth-order valence-electron chi connectivity index (χ4n) is 3.07. The van der Waals surface area contributed by atoms with Crippen molar-refractivity contribution >= 4 is 21.7 Å². The minimum Gasteiger partial charge on any atom is -0.495 e. The van der Waals surface area contributed by atoms with Crippen LogP contribution in [-0.2, 0) is 21.4 Å². The van der Waals surface area contributed by atoms with Crippen LogP contribution in [0, 0.1) is 6.92 Å². The zero-order valence-electron chi connectivity index (χ0n) is 18.4. The van der Waals surface area contributed by atoms with Gasteiger partial charge in [0.1, 0.15) is 10.6 Å². The minimum atomic E-state index is -4.04. The minimum absolute atomic E-state index is 0.0212. The molecule has 0 atom stereocenters. The molecule has 0 aliphatic rings. The molecule has 1 heterocycles. The highest BCUT2D eigenvalue weighted by Crippen LogP contribution is 2.27. The molecule has 0 radical (unpaired) electrons. The van der Waals surface area contributed by atoms with Gasteiger partial charge in [0.2, 0.25) is 5.89 Å². The smallest absolute Gasteiger partial charge is 0.338 e. The second kappa shape index (κ2) is 9.75. The Morgan fingerprint density at radius 1 is 1.00 bits per heavy atom. The van der Waals surface area contributed by atoms with E-state index in [1.165, 1.54) is 25.3 Å². The van der Waals surface area contributed by atoms with Crippen LogP contribution in [0.3, 0.4) is 0 Å². The molecule has 0 spiro atoms. The Labute approximate surface area is 196 Å². The SMILES string of the molecule is COc1ccc(C(=O)OCc2nnc(-c3ccccc3)o2)cc1S(=O)(=O)Nc1ccc(C)cc1. The molecule has 9 nitrogen and oxygen atoms in total. The number of hydrogen-bond acceptors (Lipinski definition) is 8. The molecule has 0 aliphatic heterocycles. The summed E-state index contributed by atoms with van der Waals surface area (Å²) >= 11 is 0. The molecule has 4 rings (SSSR count). The molecule has 0 saturated heterocycles. The van der Waals surface area contributed by atoms with Gasteiger partial charge in [0.25, 0.3) is 15.9 Å². The number of carbonyl (C=O) groups excluding carboxylic acids is 1. The lowest BCUT2D eigenvalue weighted by molar-refractivity contribution is 0.0438. The van der Waals surface area contributed by atoms with Crippen LogP contribution in [0.1, 0.15) is 21.8 Å². The van der Waals surface area contributed by atoms with E-state index in [1.807, 2.05) is 37.3 Å². The predicted octanol–water partition coefficient (Wildman–Crippen LogP) is 4.21. The van der Waals surface area contributed by atoms with Gasteiger partial charge >= 0.3 is 5.97 Å². The fraction of sp³-hybridized carbons (Fsp3) is 0.125. The van der Waals surface area contributed by atoms with Gasteiger partial charge in [-0.25, -0.2) is 13.2 Å². The van der Waals surface area contributed by atoms with Gasteiger partial charge in [-0.3, -0.25) is 4.72 Å². The number of sulfonamides is 1. The number of methoxy groups -OCH3 is 1. The molecule has 1 aromatic heterocycles. The van der Waals surface area contributed by atoms with E-state index in [9.17, 15) is 13.2 Å². The zero-order valence-corrected chi connectivity index (χ0v) is 19.2. The number of carbonyl (C=O) groups is 1. The summed E-state index contributed by atoms with van der Waals surface area (Å²) < 4.78 is 44.4. The Kier molecular flexibility index (Phi) is 6.60. The number of rotatable bonds is 8. The van der Waals surface area contributed by atoms with Crippen molar-refractivity contribution in [3.8, 4) is 17.2 Å². The molecular weight excluding hydrogens is 458 g/mol. The molecule has 0 unspecified atom stereocenters. The second-order valence-corrected chi connectivity index (χ2v) is 8.93. The van der Waals surface area contributed by atoms with Crippen molar-refractivity contribution in [2.45, 2.75) is 18.4 Å². The van der Waals surface area contributed by atoms with Crippen molar-refractivity contribution in [2.75, 3.05) is 11.8 Å². The van der Waals surface area contributed by atoms with Crippen LogP contribution < -0.4 is 9.46 Å². The van der Waals surface area contributed by atoms with Crippen molar-refractivity contribution in [1.29, 1.82) is 0 Å². The van der Waals surface area contributed by atoms with Gasteiger partial charge in [0, 0.05) is 11.3 Å². The summed E-state index contributed by atoms with van der Waals surface area (Å²) in [5, 5.41) is 7.82. The van der Waals surface area contributed by atoms with Crippen LogP contribution >= 0.6 is 0 Å². The third kappa shape index (κ3) is 5.24. The average Bonchev–Trinajstić information content (AvgIpc) is 3.33. The lowest BCUT2D eigenvalue weighted by atomic mass is 10.2. The lowest BCUT2D eigenvalue weighted by Gasteiger charge is -2.13. The number of ether oxygens (including phenoxy) is 2. The second-order valence-electron chi connectivity index (χ2n) is 7.28. The van der Waals surface area contributed by atoms with E-state index >= 15 is 0 Å². The van der Waals surface area contributed by atoms with E-state index in [4.69, 9.17) is 13.9 Å². The summed E-state index contributed by atoms with van der Waals surface area (Å²) in [6.07, 6.45) is 0. The van der Waals surface area contributed by atoms with Gasteiger partial charge in [0.15, 0.2) is 6.61 Å². The lowest BCUT2D eigenvalue weighted by Crippen LogP contribution is -2.15. The molecule has 1 N–H and O–H groups in total. The molecule has 3 aromatic carbocycles. The predicted molar refractivity (Wildman–Crippen MR) is 124 cm³/mol. The monoisotopic (exact) mass is 479 g/mol. The first-order valence-corrected chi connectivity index (χ1v) is 11.7. The largest absolute Gasteiger partial charge is 0.495 e.